The molecule has 1 heterocycles. The van der Waals surface area contributed by atoms with Gasteiger partial charge in [-0.2, -0.15) is 4.99 Å². The highest BCUT2D eigenvalue weighted by molar-refractivity contribution is 7.16. The first-order valence-electron chi connectivity index (χ1n) is 7.84. The Kier molecular flexibility index (Phi) is 5.09. The lowest BCUT2D eigenvalue weighted by Gasteiger charge is -2.07. The number of halogens is 1. The molecule has 0 aliphatic rings. The number of carbonyl (C=O) groups excluding carboxylic acids is 1. The Balaban J connectivity index is 2.18. The van der Waals surface area contributed by atoms with Crippen molar-refractivity contribution in [1.82, 2.24) is 4.57 Å². The van der Waals surface area contributed by atoms with E-state index in [2.05, 4.69) is 11.6 Å². The molecule has 0 fully saturated rings. The highest BCUT2D eigenvalue weighted by atomic mass is 32.1. The van der Waals surface area contributed by atoms with Crippen molar-refractivity contribution in [2.24, 2.45) is 4.99 Å². The van der Waals surface area contributed by atoms with Crippen molar-refractivity contribution in [2.45, 2.75) is 13.5 Å². The van der Waals surface area contributed by atoms with Crippen LogP contribution < -0.4 is 9.54 Å². The van der Waals surface area contributed by atoms with E-state index in [-0.39, 0.29) is 5.56 Å². The molecule has 2 aromatic carbocycles. The van der Waals surface area contributed by atoms with E-state index in [1.54, 1.807) is 12.1 Å². The average Bonchev–Trinajstić information content (AvgIpc) is 2.94. The van der Waals surface area contributed by atoms with Crippen LogP contribution in [0.3, 0.4) is 0 Å². The van der Waals surface area contributed by atoms with Crippen LogP contribution in [-0.4, -0.2) is 17.1 Å². The number of rotatable bonds is 5. The summed E-state index contributed by atoms with van der Waals surface area (Å²) in [7, 11) is 0. The third-order valence-corrected chi connectivity index (χ3v) is 4.59. The van der Waals surface area contributed by atoms with E-state index in [4.69, 9.17) is 4.74 Å². The summed E-state index contributed by atoms with van der Waals surface area (Å²) in [6.07, 6.45) is 1.74. The molecule has 3 aromatic rings. The number of thiazole rings is 1. The molecule has 6 heteroatoms. The van der Waals surface area contributed by atoms with Crippen molar-refractivity contribution in [3.63, 3.8) is 0 Å². The minimum Gasteiger partial charge on any atom is -0.492 e. The number of carbonyl (C=O) groups is 1. The Morgan fingerprint density at radius 3 is 2.88 bits per heavy atom. The normalized spacial score (nSPS) is 11.7. The third kappa shape index (κ3) is 3.53. The molecule has 0 aliphatic carbocycles. The smallest absolute Gasteiger partial charge is 0.279 e. The van der Waals surface area contributed by atoms with Gasteiger partial charge in [0.2, 0.25) is 0 Å². The van der Waals surface area contributed by atoms with Crippen LogP contribution >= 0.6 is 11.3 Å². The van der Waals surface area contributed by atoms with E-state index in [0.717, 1.165) is 16.0 Å². The van der Waals surface area contributed by atoms with Gasteiger partial charge in [-0.15, -0.1) is 6.58 Å². The molecule has 0 spiro atoms. The van der Waals surface area contributed by atoms with Gasteiger partial charge in [-0.25, -0.2) is 4.39 Å². The molecule has 0 bridgehead atoms. The van der Waals surface area contributed by atoms with Crippen LogP contribution in [0, 0.1) is 5.82 Å². The van der Waals surface area contributed by atoms with Crippen molar-refractivity contribution in [1.29, 1.82) is 0 Å². The van der Waals surface area contributed by atoms with Gasteiger partial charge in [0.05, 0.1) is 11.3 Å². The molecular formula is C19H17FN2O2S. The SMILES string of the molecule is C=CCn1c(=NC(=O)c2cccc(F)c2)sc2cccc(OCC)c21. The predicted molar refractivity (Wildman–Crippen MR) is 97.5 cm³/mol. The zero-order valence-electron chi connectivity index (χ0n) is 13.7. The molecule has 0 radical (unpaired) electrons. The molecule has 0 saturated heterocycles. The number of allylic oxidation sites excluding steroid dienone is 1. The third-order valence-electron chi connectivity index (χ3n) is 3.54. The zero-order chi connectivity index (χ0) is 17.8. The fourth-order valence-electron chi connectivity index (χ4n) is 2.53. The summed E-state index contributed by atoms with van der Waals surface area (Å²) in [6.45, 7) is 6.72. The van der Waals surface area contributed by atoms with Gasteiger partial charge in [-0.3, -0.25) is 4.79 Å². The molecule has 0 N–H and O–H groups in total. The Morgan fingerprint density at radius 1 is 1.36 bits per heavy atom. The second-order valence-corrected chi connectivity index (χ2v) is 6.26. The van der Waals surface area contributed by atoms with E-state index in [1.807, 2.05) is 29.7 Å². The highest BCUT2D eigenvalue weighted by Gasteiger charge is 2.12. The monoisotopic (exact) mass is 356 g/mol. The lowest BCUT2D eigenvalue weighted by molar-refractivity contribution is 0.0997. The van der Waals surface area contributed by atoms with E-state index in [9.17, 15) is 9.18 Å². The Morgan fingerprint density at radius 2 is 2.16 bits per heavy atom. The van der Waals surface area contributed by atoms with Crippen molar-refractivity contribution in [3.8, 4) is 5.75 Å². The summed E-state index contributed by atoms with van der Waals surface area (Å²) in [6, 6.07) is 11.3. The standard InChI is InChI=1S/C19H17FN2O2S/c1-3-11-22-17-15(24-4-2)9-6-10-16(17)25-19(22)21-18(23)13-7-5-8-14(20)12-13/h3,5-10,12H,1,4,11H2,2H3. The molecule has 0 unspecified atom stereocenters. The highest BCUT2D eigenvalue weighted by Crippen LogP contribution is 2.27. The summed E-state index contributed by atoms with van der Waals surface area (Å²) in [4.78, 5) is 17.1. The van der Waals surface area contributed by atoms with Gasteiger partial charge < -0.3 is 9.30 Å². The second-order valence-electron chi connectivity index (χ2n) is 5.25. The van der Waals surface area contributed by atoms with Crippen LogP contribution in [0.4, 0.5) is 4.39 Å². The number of hydrogen-bond donors (Lipinski definition) is 0. The van der Waals surface area contributed by atoms with Crippen LogP contribution in [0.25, 0.3) is 10.2 Å². The molecule has 25 heavy (non-hydrogen) atoms. The van der Waals surface area contributed by atoms with Gasteiger partial charge in [0, 0.05) is 12.1 Å². The molecule has 0 aliphatic heterocycles. The second kappa shape index (κ2) is 7.44. The molecule has 128 valence electrons. The van der Waals surface area contributed by atoms with E-state index < -0.39 is 11.7 Å². The summed E-state index contributed by atoms with van der Waals surface area (Å²) in [5.74, 6) is -0.213. The number of nitrogens with zero attached hydrogens (tertiary/aromatic N) is 2. The molecule has 1 amide bonds. The van der Waals surface area contributed by atoms with Crippen molar-refractivity contribution in [3.05, 3.63) is 71.3 Å². The Labute approximate surface area is 148 Å². The largest absolute Gasteiger partial charge is 0.492 e. The molecule has 0 saturated carbocycles. The lowest BCUT2D eigenvalue weighted by atomic mass is 10.2. The maximum Gasteiger partial charge on any atom is 0.279 e. The molecule has 3 rings (SSSR count). The molecular weight excluding hydrogens is 339 g/mol. The fourth-order valence-corrected chi connectivity index (χ4v) is 3.58. The Bertz CT molecular complexity index is 1000. The van der Waals surface area contributed by atoms with E-state index in [1.165, 1.54) is 29.5 Å². The van der Waals surface area contributed by atoms with Gasteiger partial charge in [0.25, 0.3) is 5.91 Å². The number of hydrogen-bond acceptors (Lipinski definition) is 3. The minimum atomic E-state index is -0.484. The lowest BCUT2D eigenvalue weighted by Crippen LogP contribution is -2.16. The van der Waals surface area contributed by atoms with Crippen LogP contribution in [0.15, 0.2) is 60.1 Å². The average molecular weight is 356 g/mol. The van der Waals surface area contributed by atoms with Crippen LogP contribution in [0.1, 0.15) is 17.3 Å². The Hall–Kier alpha value is -2.73. The van der Waals surface area contributed by atoms with Gasteiger partial charge in [0.15, 0.2) is 4.80 Å². The molecule has 0 atom stereocenters. The van der Waals surface area contributed by atoms with Gasteiger partial charge >= 0.3 is 0 Å². The van der Waals surface area contributed by atoms with E-state index >= 15 is 0 Å². The number of aromatic nitrogens is 1. The summed E-state index contributed by atoms with van der Waals surface area (Å²) in [5.41, 5.74) is 1.09. The van der Waals surface area contributed by atoms with Crippen molar-refractivity contribution in [2.75, 3.05) is 6.61 Å². The quantitative estimate of drug-likeness (QED) is 0.644. The van der Waals surface area contributed by atoms with Crippen LogP contribution in [0.5, 0.6) is 5.75 Å². The number of para-hydroxylation sites is 1. The summed E-state index contributed by atoms with van der Waals surface area (Å²) >= 11 is 1.39. The van der Waals surface area contributed by atoms with Crippen molar-refractivity contribution < 1.29 is 13.9 Å². The summed E-state index contributed by atoms with van der Waals surface area (Å²) < 4.78 is 21.9. The molecule has 4 nitrogen and oxygen atoms in total. The van der Waals surface area contributed by atoms with Gasteiger partial charge in [0.1, 0.15) is 17.1 Å². The van der Waals surface area contributed by atoms with Gasteiger partial charge in [-0.05, 0) is 37.3 Å². The maximum absolute atomic E-state index is 13.3. The van der Waals surface area contributed by atoms with Crippen molar-refractivity contribution >= 4 is 27.5 Å². The number of benzene rings is 2. The van der Waals surface area contributed by atoms with Gasteiger partial charge in [-0.1, -0.05) is 29.5 Å². The fraction of sp³-hybridized carbons (Fsp3) is 0.158. The first-order chi connectivity index (χ1) is 12.1. The summed E-state index contributed by atoms with van der Waals surface area (Å²) in [5, 5.41) is 0. The first-order valence-corrected chi connectivity index (χ1v) is 8.66. The predicted octanol–water partition coefficient (Wildman–Crippen LogP) is 4.17. The van der Waals surface area contributed by atoms with Crippen LogP contribution in [0.2, 0.25) is 0 Å². The minimum absolute atomic E-state index is 0.215. The first kappa shape index (κ1) is 17.1. The zero-order valence-corrected chi connectivity index (χ0v) is 14.6. The van der Waals surface area contributed by atoms with Crippen LogP contribution in [-0.2, 0) is 6.54 Å². The topological polar surface area (TPSA) is 43.6 Å². The van der Waals surface area contributed by atoms with E-state index in [0.29, 0.717) is 18.0 Å². The molecule has 1 aromatic heterocycles. The number of ether oxygens (including phenoxy) is 1. The maximum atomic E-state index is 13.3. The number of amides is 1. The number of fused-ring (bicyclic) bond motifs is 1.